The van der Waals surface area contributed by atoms with Crippen LogP contribution in [0.3, 0.4) is 0 Å². The lowest BCUT2D eigenvalue weighted by Crippen LogP contribution is -2.21. The second kappa shape index (κ2) is 6.28. The highest BCUT2D eigenvalue weighted by molar-refractivity contribution is 9.11. The van der Waals surface area contributed by atoms with E-state index in [4.69, 9.17) is 0 Å². The Morgan fingerprint density at radius 1 is 1.18 bits per heavy atom. The fraction of sp³-hybridized carbons (Fsp3) is 0.308. The van der Waals surface area contributed by atoms with Crippen molar-refractivity contribution < 1.29 is 0 Å². The standard InChI is InChI=1S/C13H15BrN2S/c1-2-16(9-11-5-7-15-8-6-11)10-12-3-4-13(14)17-12/h3-8H,2,9-10H2,1H3. The molecule has 2 aromatic rings. The van der Waals surface area contributed by atoms with Gasteiger partial charge in [0.15, 0.2) is 0 Å². The van der Waals surface area contributed by atoms with Crippen LogP contribution in [0.5, 0.6) is 0 Å². The van der Waals surface area contributed by atoms with E-state index in [1.807, 2.05) is 12.4 Å². The molecule has 0 N–H and O–H groups in total. The molecule has 0 aliphatic heterocycles. The molecule has 0 radical (unpaired) electrons. The van der Waals surface area contributed by atoms with Crippen molar-refractivity contribution in [3.63, 3.8) is 0 Å². The zero-order chi connectivity index (χ0) is 12.1. The average molecular weight is 311 g/mol. The smallest absolute Gasteiger partial charge is 0.0701 e. The predicted molar refractivity (Wildman–Crippen MR) is 76.0 cm³/mol. The van der Waals surface area contributed by atoms with Gasteiger partial charge in [-0.2, -0.15) is 0 Å². The zero-order valence-corrected chi connectivity index (χ0v) is 12.2. The zero-order valence-electron chi connectivity index (χ0n) is 9.77. The largest absolute Gasteiger partial charge is 0.294 e. The van der Waals surface area contributed by atoms with Crippen molar-refractivity contribution in [2.24, 2.45) is 0 Å². The van der Waals surface area contributed by atoms with E-state index in [0.717, 1.165) is 19.6 Å². The second-order valence-corrected chi connectivity index (χ2v) is 6.41. The van der Waals surface area contributed by atoms with Crippen LogP contribution >= 0.6 is 27.3 Å². The molecular formula is C13H15BrN2S. The van der Waals surface area contributed by atoms with E-state index in [1.54, 1.807) is 11.3 Å². The molecule has 17 heavy (non-hydrogen) atoms. The minimum atomic E-state index is 0.981. The normalized spacial score (nSPS) is 11.0. The number of hydrogen-bond donors (Lipinski definition) is 0. The van der Waals surface area contributed by atoms with Crippen molar-refractivity contribution in [3.8, 4) is 0 Å². The van der Waals surface area contributed by atoms with E-state index in [1.165, 1.54) is 14.2 Å². The van der Waals surface area contributed by atoms with Crippen LogP contribution in [0.4, 0.5) is 0 Å². The molecule has 2 nitrogen and oxygen atoms in total. The fourth-order valence-corrected chi connectivity index (χ4v) is 3.21. The summed E-state index contributed by atoms with van der Waals surface area (Å²) >= 11 is 5.31. The molecule has 0 atom stereocenters. The predicted octanol–water partition coefficient (Wildman–Crippen LogP) is 3.93. The SMILES string of the molecule is CCN(Cc1ccncc1)Cc1ccc(Br)s1. The molecule has 0 spiro atoms. The Balaban J connectivity index is 1.98. The Hall–Kier alpha value is -0.710. The second-order valence-electron chi connectivity index (χ2n) is 3.86. The van der Waals surface area contributed by atoms with Gasteiger partial charge in [-0.3, -0.25) is 9.88 Å². The van der Waals surface area contributed by atoms with Gasteiger partial charge in [0.1, 0.15) is 0 Å². The van der Waals surface area contributed by atoms with E-state index in [2.05, 4.69) is 57.0 Å². The van der Waals surface area contributed by atoms with Crippen molar-refractivity contribution in [1.82, 2.24) is 9.88 Å². The summed E-state index contributed by atoms with van der Waals surface area (Å²) < 4.78 is 1.20. The molecule has 0 aliphatic carbocycles. The number of aromatic nitrogens is 1. The van der Waals surface area contributed by atoms with Gasteiger partial charge < -0.3 is 0 Å². The molecule has 4 heteroatoms. The van der Waals surface area contributed by atoms with Crippen LogP contribution in [-0.4, -0.2) is 16.4 Å². The third-order valence-electron chi connectivity index (χ3n) is 2.61. The molecule has 0 saturated heterocycles. The Bertz CT molecular complexity index is 455. The lowest BCUT2D eigenvalue weighted by Gasteiger charge is -2.19. The maximum absolute atomic E-state index is 4.04. The Kier molecular flexibility index (Phi) is 4.71. The van der Waals surface area contributed by atoms with E-state index in [9.17, 15) is 0 Å². The van der Waals surface area contributed by atoms with Gasteiger partial charge in [-0.25, -0.2) is 0 Å². The molecule has 90 valence electrons. The number of nitrogens with zero attached hydrogens (tertiary/aromatic N) is 2. The summed E-state index contributed by atoms with van der Waals surface area (Å²) in [6, 6.07) is 8.45. The van der Waals surface area contributed by atoms with Gasteiger partial charge in [0.05, 0.1) is 3.79 Å². The summed E-state index contributed by atoms with van der Waals surface area (Å²) in [6.07, 6.45) is 3.70. The van der Waals surface area contributed by atoms with Gasteiger partial charge >= 0.3 is 0 Å². The molecule has 0 aromatic carbocycles. The third kappa shape index (κ3) is 3.91. The molecule has 0 unspecified atom stereocenters. The van der Waals surface area contributed by atoms with Crippen molar-refractivity contribution in [3.05, 3.63) is 50.9 Å². The van der Waals surface area contributed by atoms with Crippen molar-refractivity contribution in [2.75, 3.05) is 6.54 Å². The molecule has 0 aliphatic rings. The first-order valence-corrected chi connectivity index (χ1v) is 7.24. The van der Waals surface area contributed by atoms with Crippen molar-refractivity contribution in [2.45, 2.75) is 20.0 Å². The molecule has 2 heterocycles. The monoisotopic (exact) mass is 310 g/mol. The number of hydrogen-bond acceptors (Lipinski definition) is 3. The average Bonchev–Trinajstić information content (AvgIpc) is 2.75. The molecule has 0 saturated carbocycles. The Morgan fingerprint density at radius 3 is 2.53 bits per heavy atom. The van der Waals surface area contributed by atoms with Gasteiger partial charge in [0.25, 0.3) is 0 Å². The minimum absolute atomic E-state index is 0.981. The van der Waals surface area contributed by atoms with E-state index < -0.39 is 0 Å². The van der Waals surface area contributed by atoms with Gasteiger partial charge in [-0.15, -0.1) is 11.3 Å². The maximum Gasteiger partial charge on any atom is 0.0701 e. The van der Waals surface area contributed by atoms with Crippen LogP contribution in [0, 0.1) is 0 Å². The maximum atomic E-state index is 4.04. The number of rotatable bonds is 5. The van der Waals surface area contributed by atoms with E-state index in [-0.39, 0.29) is 0 Å². The van der Waals surface area contributed by atoms with Crippen LogP contribution in [0.1, 0.15) is 17.4 Å². The molecule has 0 amide bonds. The van der Waals surface area contributed by atoms with Gasteiger partial charge in [0.2, 0.25) is 0 Å². The van der Waals surface area contributed by atoms with Crippen LogP contribution in [0.15, 0.2) is 40.4 Å². The van der Waals surface area contributed by atoms with E-state index >= 15 is 0 Å². The Morgan fingerprint density at radius 2 is 1.94 bits per heavy atom. The van der Waals surface area contributed by atoms with Crippen LogP contribution in [0.2, 0.25) is 0 Å². The van der Waals surface area contributed by atoms with Crippen molar-refractivity contribution >= 4 is 27.3 Å². The minimum Gasteiger partial charge on any atom is -0.294 e. The fourth-order valence-electron chi connectivity index (χ4n) is 1.68. The first-order chi connectivity index (χ1) is 8.28. The summed E-state index contributed by atoms with van der Waals surface area (Å²) in [7, 11) is 0. The summed E-state index contributed by atoms with van der Waals surface area (Å²) in [5, 5.41) is 0. The highest BCUT2D eigenvalue weighted by atomic mass is 79.9. The van der Waals surface area contributed by atoms with Crippen LogP contribution < -0.4 is 0 Å². The van der Waals surface area contributed by atoms with Gasteiger partial charge in [-0.1, -0.05) is 6.92 Å². The molecular weight excluding hydrogens is 296 g/mol. The number of pyridine rings is 1. The van der Waals surface area contributed by atoms with Gasteiger partial charge in [-0.05, 0) is 52.3 Å². The van der Waals surface area contributed by atoms with Crippen molar-refractivity contribution in [1.29, 1.82) is 0 Å². The van der Waals surface area contributed by atoms with Gasteiger partial charge in [0, 0.05) is 30.4 Å². The summed E-state index contributed by atoms with van der Waals surface area (Å²) in [6.45, 7) is 5.24. The lowest BCUT2D eigenvalue weighted by atomic mass is 10.2. The highest BCUT2D eigenvalue weighted by Crippen LogP contribution is 2.23. The molecule has 0 bridgehead atoms. The van der Waals surface area contributed by atoms with Crippen LogP contribution in [-0.2, 0) is 13.1 Å². The lowest BCUT2D eigenvalue weighted by molar-refractivity contribution is 0.274. The summed E-state index contributed by atoms with van der Waals surface area (Å²) in [5.74, 6) is 0. The number of thiophene rings is 1. The Labute approximate surface area is 114 Å². The highest BCUT2D eigenvalue weighted by Gasteiger charge is 2.06. The summed E-state index contributed by atoms with van der Waals surface area (Å²) in [4.78, 5) is 7.86. The number of halogens is 1. The quantitative estimate of drug-likeness (QED) is 0.832. The molecule has 2 rings (SSSR count). The topological polar surface area (TPSA) is 16.1 Å². The summed E-state index contributed by atoms with van der Waals surface area (Å²) in [5.41, 5.74) is 1.32. The van der Waals surface area contributed by atoms with Crippen LogP contribution in [0.25, 0.3) is 0 Å². The molecule has 2 aromatic heterocycles. The first-order valence-electron chi connectivity index (χ1n) is 5.63. The first kappa shape index (κ1) is 12.7. The van der Waals surface area contributed by atoms with E-state index in [0.29, 0.717) is 0 Å². The third-order valence-corrected chi connectivity index (χ3v) is 4.22. The molecule has 0 fully saturated rings.